The second-order valence-corrected chi connectivity index (χ2v) is 4.07. The van der Waals surface area contributed by atoms with E-state index in [1.165, 1.54) is 12.1 Å². The van der Waals surface area contributed by atoms with E-state index in [0.29, 0.717) is 0 Å². The molecule has 0 unspecified atom stereocenters. The van der Waals surface area contributed by atoms with E-state index in [0.717, 1.165) is 30.3 Å². The van der Waals surface area contributed by atoms with Gasteiger partial charge in [0, 0.05) is 0 Å². The van der Waals surface area contributed by atoms with Crippen LogP contribution in [0, 0.1) is 6.07 Å². The first-order chi connectivity index (χ1) is 9.18. The van der Waals surface area contributed by atoms with Gasteiger partial charge >= 0.3 is 12.4 Å². The summed E-state index contributed by atoms with van der Waals surface area (Å²) in [6.45, 7) is 0. The van der Waals surface area contributed by atoms with Gasteiger partial charge in [-0.15, -0.1) is 0 Å². The van der Waals surface area contributed by atoms with Crippen molar-refractivity contribution in [3.63, 3.8) is 0 Å². The number of rotatable bonds is 1. The summed E-state index contributed by atoms with van der Waals surface area (Å²) in [6, 6.07) is 9.34. The maximum absolute atomic E-state index is 12.5. The molecule has 0 amide bonds. The molecule has 0 nitrogen and oxygen atoms in total. The van der Waals surface area contributed by atoms with Crippen LogP contribution >= 0.6 is 0 Å². The van der Waals surface area contributed by atoms with E-state index >= 15 is 0 Å². The second-order valence-electron chi connectivity index (χ2n) is 4.07. The van der Waals surface area contributed by atoms with Gasteiger partial charge in [0.2, 0.25) is 0 Å². The van der Waals surface area contributed by atoms with Crippen LogP contribution in [-0.2, 0) is 12.4 Å². The molecule has 6 heteroatoms. The van der Waals surface area contributed by atoms with Crippen molar-refractivity contribution in [2.45, 2.75) is 12.4 Å². The van der Waals surface area contributed by atoms with Gasteiger partial charge in [-0.25, -0.2) is 0 Å². The molecular weight excluding hydrogens is 282 g/mol. The molecule has 0 saturated heterocycles. The minimum Gasteiger partial charge on any atom is -0.166 e. The van der Waals surface area contributed by atoms with Crippen LogP contribution in [0.2, 0.25) is 0 Å². The van der Waals surface area contributed by atoms with Crippen LogP contribution in [-0.4, -0.2) is 0 Å². The summed E-state index contributed by atoms with van der Waals surface area (Å²) in [6.07, 6.45) is -9.02. The highest BCUT2D eigenvalue weighted by molar-refractivity contribution is 5.64. The van der Waals surface area contributed by atoms with Gasteiger partial charge in [0.05, 0.1) is 11.1 Å². The van der Waals surface area contributed by atoms with E-state index < -0.39 is 23.5 Å². The summed E-state index contributed by atoms with van der Waals surface area (Å²) in [4.78, 5) is 0. The van der Waals surface area contributed by atoms with E-state index in [1.54, 1.807) is 0 Å². The van der Waals surface area contributed by atoms with Gasteiger partial charge in [0.1, 0.15) is 0 Å². The van der Waals surface area contributed by atoms with Crippen molar-refractivity contribution in [1.29, 1.82) is 0 Å². The number of halogens is 6. The third-order valence-electron chi connectivity index (χ3n) is 2.64. The minimum atomic E-state index is -4.52. The van der Waals surface area contributed by atoms with Crippen molar-refractivity contribution in [3.8, 4) is 11.1 Å². The fraction of sp³-hybridized carbons (Fsp3) is 0.143. The van der Waals surface area contributed by atoms with Crippen molar-refractivity contribution in [1.82, 2.24) is 0 Å². The molecule has 0 heterocycles. The summed E-state index contributed by atoms with van der Waals surface area (Å²) in [5, 5.41) is 0. The first-order valence-corrected chi connectivity index (χ1v) is 5.44. The third-order valence-corrected chi connectivity index (χ3v) is 2.64. The monoisotopic (exact) mass is 289 g/mol. The Labute approximate surface area is 110 Å². The summed E-state index contributed by atoms with van der Waals surface area (Å²) < 4.78 is 74.7. The fourth-order valence-electron chi connectivity index (χ4n) is 1.66. The number of hydrogen-bond acceptors (Lipinski definition) is 0. The molecule has 0 fully saturated rings. The van der Waals surface area contributed by atoms with E-state index in [9.17, 15) is 26.3 Å². The summed E-state index contributed by atoms with van der Waals surface area (Å²) in [5.74, 6) is 0. The lowest BCUT2D eigenvalue weighted by Crippen LogP contribution is -2.05. The molecule has 2 aromatic carbocycles. The maximum Gasteiger partial charge on any atom is 0.417 e. The summed E-state index contributed by atoms with van der Waals surface area (Å²) in [5.41, 5.74) is -1.39. The molecular formula is C14H7F6. The normalized spacial score (nSPS) is 12.5. The Morgan fingerprint density at radius 3 is 1.95 bits per heavy atom. The highest BCUT2D eigenvalue weighted by Crippen LogP contribution is 2.33. The van der Waals surface area contributed by atoms with Crippen molar-refractivity contribution >= 4 is 0 Å². The average molecular weight is 289 g/mol. The summed E-state index contributed by atoms with van der Waals surface area (Å²) >= 11 is 0. The maximum atomic E-state index is 12.5. The zero-order valence-electron chi connectivity index (χ0n) is 9.81. The molecule has 0 aliphatic carbocycles. The van der Waals surface area contributed by atoms with Crippen molar-refractivity contribution in [3.05, 3.63) is 59.7 Å². The number of benzene rings is 2. The van der Waals surface area contributed by atoms with Crippen LogP contribution in [0.1, 0.15) is 11.1 Å². The predicted octanol–water partition coefficient (Wildman–Crippen LogP) is 5.19. The molecule has 0 saturated carbocycles. The Morgan fingerprint density at radius 1 is 0.750 bits per heavy atom. The van der Waals surface area contributed by atoms with Crippen LogP contribution in [0.3, 0.4) is 0 Å². The van der Waals surface area contributed by atoms with Gasteiger partial charge in [0.15, 0.2) is 0 Å². The van der Waals surface area contributed by atoms with E-state index in [2.05, 4.69) is 0 Å². The topological polar surface area (TPSA) is 0 Å². The number of alkyl halides is 6. The predicted molar refractivity (Wildman–Crippen MR) is 60.7 cm³/mol. The SMILES string of the molecule is FC(F)(F)c1[c]cc(-c2cccc(C(F)(F)F)c2)cc1. The molecule has 0 aliphatic rings. The largest absolute Gasteiger partial charge is 0.417 e. The molecule has 2 rings (SSSR count). The molecule has 0 bridgehead atoms. The fourth-order valence-corrected chi connectivity index (χ4v) is 1.66. The molecule has 105 valence electrons. The van der Waals surface area contributed by atoms with Crippen LogP contribution in [0.25, 0.3) is 11.1 Å². The second kappa shape index (κ2) is 4.85. The van der Waals surface area contributed by atoms with Crippen LogP contribution < -0.4 is 0 Å². The highest BCUT2D eigenvalue weighted by atomic mass is 19.4. The Hall–Kier alpha value is -1.98. The van der Waals surface area contributed by atoms with Gasteiger partial charge in [-0.2, -0.15) is 26.3 Å². The van der Waals surface area contributed by atoms with E-state index in [-0.39, 0.29) is 11.1 Å². The Kier molecular flexibility index (Phi) is 3.50. The third kappa shape index (κ3) is 3.12. The molecule has 2 aromatic rings. The van der Waals surface area contributed by atoms with Crippen molar-refractivity contribution in [2.24, 2.45) is 0 Å². The molecule has 0 N–H and O–H groups in total. The Morgan fingerprint density at radius 2 is 1.45 bits per heavy atom. The van der Waals surface area contributed by atoms with Gasteiger partial charge < -0.3 is 0 Å². The van der Waals surface area contributed by atoms with E-state index in [4.69, 9.17) is 0 Å². The lowest BCUT2D eigenvalue weighted by atomic mass is 10.0. The van der Waals surface area contributed by atoms with Crippen LogP contribution in [0.4, 0.5) is 26.3 Å². The molecule has 0 spiro atoms. The lowest BCUT2D eigenvalue weighted by molar-refractivity contribution is -0.138. The Bertz CT molecular complexity index is 592. The van der Waals surface area contributed by atoms with Crippen molar-refractivity contribution in [2.75, 3.05) is 0 Å². The molecule has 20 heavy (non-hydrogen) atoms. The lowest BCUT2D eigenvalue weighted by Gasteiger charge is -2.10. The van der Waals surface area contributed by atoms with Gasteiger partial charge in [-0.1, -0.05) is 18.2 Å². The van der Waals surface area contributed by atoms with Crippen molar-refractivity contribution < 1.29 is 26.3 Å². The average Bonchev–Trinajstić information content (AvgIpc) is 2.37. The van der Waals surface area contributed by atoms with Gasteiger partial charge in [0.25, 0.3) is 0 Å². The van der Waals surface area contributed by atoms with Gasteiger partial charge in [-0.3, -0.25) is 0 Å². The Balaban J connectivity index is 2.38. The molecule has 1 radical (unpaired) electrons. The molecule has 0 aliphatic heterocycles. The standard InChI is InChI=1S/C14H7F6/c15-13(16,17)11-6-4-9(5-7-11)10-2-1-3-12(8-10)14(18,19)20/h1-6,8H. The minimum absolute atomic E-state index is 0.185. The quantitative estimate of drug-likeness (QED) is 0.634. The van der Waals surface area contributed by atoms with E-state index in [1.807, 2.05) is 6.07 Å². The number of hydrogen-bond donors (Lipinski definition) is 0. The zero-order chi connectivity index (χ0) is 15.0. The highest BCUT2D eigenvalue weighted by Gasteiger charge is 2.31. The molecule has 0 aromatic heterocycles. The molecule has 0 atom stereocenters. The first kappa shape index (κ1) is 14.4. The van der Waals surface area contributed by atoms with Crippen LogP contribution in [0.15, 0.2) is 42.5 Å². The van der Waals surface area contributed by atoms with Gasteiger partial charge in [-0.05, 0) is 41.5 Å². The zero-order valence-corrected chi connectivity index (χ0v) is 9.81. The summed E-state index contributed by atoms with van der Waals surface area (Å²) in [7, 11) is 0. The van der Waals surface area contributed by atoms with Crippen LogP contribution in [0.5, 0.6) is 0 Å². The first-order valence-electron chi connectivity index (χ1n) is 5.44. The smallest absolute Gasteiger partial charge is 0.166 e.